The molecule has 0 bridgehead atoms. The summed E-state index contributed by atoms with van der Waals surface area (Å²) in [5.74, 6) is 0.0935. The van der Waals surface area contributed by atoms with E-state index < -0.39 is 12.0 Å². The van der Waals surface area contributed by atoms with Gasteiger partial charge in [0.15, 0.2) is 0 Å². The summed E-state index contributed by atoms with van der Waals surface area (Å²) in [4.78, 5) is 13.7. The summed E-state index contributed by atoms with van der Waals surface area (Å²) < 4.78 is 5.83. The minimum atomic E-state index is -0.740. The van der Waals surface area contributed by atoms with Crippen molar-refractivity contribution in [3.63, 3.8) is 0 Å². The van der Waals surface area contributed by atoms with Crippen LogP contribution in [0.2, 0.25) is 0 Å². The van der Waals surface area contributed by atoms with Gasteiger partial charge in [0, 0.05) is 5.39 Å². The number of likely N-dealkylation sites (tertiary alicyclic amines) is 1. The van der Waals surface area contributed by atoms with E-state index in [1.54, 1.807) is 0 Å². The number of carboxylic acids is 1. The molecule has 3 rings (SSSR count). The van der Waals surface area contributed by atoms with E-state index in [4.69, 9.17) is 4.42 Å². The Balaban J connectivity index is 1.86. The molecule has 1 atom stereocenters. The van der Waals surface area contributed by atoms with E-state index in [1.165, 1.54) is 0 Å². The summed E-state index contributed by atoms with van der Waals surface area (Å²) in [5.41, 5.74) is 0.645. The second-order valence-electron chi connectivity index (χ2n) is 6.55. The first-order chi connectivity index (χ1) is 9.97. The Morgan fingerprint density at radius 3 is 2.90 bits per heavy atom. The number of rotatable bonds is 3. The number of nitrogens with zero attached hydrogens (tertiary/aromatic N) is 1. The maximum atomic E-state index is 11.7. The predicted octanol–water partition coefficient (Wildman–Crippen LogP) is 3.51. The van der Waals surface area contributed by atoms with Gasteiger partial charge in [-0.25, -0.2) is 0 Å². The molecule has 0 aliphatic carbocycles. The third kappa shape index (κ3) is 2.68. The van der Waals surface area contributed by atoms with Crippen LogP contribution in [0.25, 0.3) is 11.0 Å². The van der Waals surface area contributed by atoms with Crippen LogP contribution in [0.4, 0.5) is 0 Å². The topological polar surface area (TPSA) is 53.7 Å². The lowest BCUT2D eigenvalue weighted by atomic mass is 9.76. The van der Waals surface area contributed by atoms with E-state index in [0.29, 0.717) is 6.54 Å². The molecule has 1 fully saturated rings. The minimum Gasteiger partial charge on any atom is -0.480 e. The van der Waals surface area contributed by atoms with Crippen molar-refractivity contribution in [2.45, 2.75) is 39.3 Å². The van der Waals surface area contributed by atoms with Gasteiger partial charge in [0.1, 0.15) is 17.4 Å². The van der Waals surface area contributed by atoms with E-state index in [-0.39, 0.29) is 5.41 Å². The van der Waals surface area contributed by atoms with Gasteiger partial charge in [-0.15, -0.1) is 0 Å². The molecule has 1 aliphatic heterocycles. The van der Waals surface area contributed by atoms with Crippen LogP contribution < -0.4 is 0 Å². The molecule has 1 aliphatic rings. The second kappa shape index (κ2) is 5.19. The first-order valence-electron chi connectivity index (χ1n) is 7.42. The molecule has 0 radical (unpaired) electrons. The zero-order valence-electron chi connectivity index (χ0n) is 12.5. The quantitative estimate of drug-likeness (QED) is 0.938. The zero-order valence-corrected chi connectivity index (χ0v) is 12.5. The number of carbonyl (C=O) groups is 1. The van der Waals surface area contributed by atoms with Crippen molar-refractivity contribution in [2.24, 2.45) is 5.41 Å². The normalized spacial score (nSPS) is 22.5. The lowest BCUT2D eigenvalue weighted by molar-refractivity contribution is -0.151. The molecule has 2 aromatic rings. The molecule has 4 nitrogen and oxygen atoms in total. The summed E-state index contributed by atoms with van der Waals surface area (Å²) in [6.45, 7) is 5.43. The lowest BCUT2D eigenvalue weighted by Gasteiger charge is -2.43. The summed E-state index contributed by atoms with van der Waals surface area (Å²) in [6.07, 6.45) is 1.97. The number of aliphatic carboxylic acids is 1. The Labute approximate surface area is 124 Å². The monoisotopic (exact) mass is 287 g/mol. The van der Waals surface area contributed by atoms with Crippen molar-refractivity contribution in [1.82, 2.24) is 4.90 Å². The van der Waals surface area contributed by atoms with Crippen LogP contribution in [0.15, 0.2) is 34.7 Å². The lowest BCUT2D eigenvalue weighted by Crippen LogP contribution is -2.53. The molecule has 1 aromatic carbocycles. The smallest absolute Gasteiger partial charge is 0.321 e. The largest absolute Gasteiger partial charge is 0.480 e. The molecule has 112 valence electrons. The van der Waals surface area contributed by atoms with Gasteiger partial charge in [-0.05, 0) is 36.9 Å². The van der Waals surface area contributed by atoms with Gasteiger partial charge >= 0.3 is 5.97 Å². The Morgan fingerprint density at radius 2 is 2.19 bits per heavy atom. The molecule has 2 heterocycles. The third-order valence-corrected chi connectivity index (χ3v) is 4.44. The van der Waals surface area contributed by atoms with Crippen LogP contribution in [0.1, 0.15) is 32.4 Å². The molecule has 21 heavy (non-hydrogen) atoms. The van der Waals surface area contributed by atoms with Gasteiger partial charge < -0.3 is 9.52 Å². The standard InChI is InChI=1S/C17H21NO3/c1-17(2)8-5-9-18(15(17)16(19)20)11-13-10-12-6-3-4-7-14(12)21-13/h3-4,6-7,10,15H,5,8-9,11H2,1-2H3,(H,19,20). The first-order valence-corrected chi connectivity index (χ1v) is 7.42. The molecular weight excluding hydrogens is 266 g/mol. The van der Waals surface area contributed by atoms with Crippen LogP contribution in [-0.2, 0) is 11.3 Å². The van der Waals surface area contributed by atoms with Crippen LogP contribution in [0.3, 0.4) is 0 Å². The molecule has 0 spiro atoms. The fraction of sp³-hybridized carbons (Fsp3) is 0.471. The van der Waals surface area contributed by atoms with Crippen LogP contribution in [0.5, 0.6) is 0 Å². The van der Waals surface area contributed by atoms with Crippen LogP contribution in [-0.4, -0.2) is 28.6 Å². The number of piperidine rings is 1. The van der Waals surface area contributed by atoms with Crippen molar-refractivity contribution in [2.75, 3.05) is 6.54 Å². The number of carboxylic acid groups (broad SMARTS) is 1. The Bertz CT molecular complexity index is 626. The average molecular weight is 287 g/mol. The summed E-state index contributed by atoms with van der Waals surface area (Å²) in [5, 5.41) is 10.7. The molecule has 1 aromatic heterocycles. The van der Waals surface area contributed by atoms with Gasteiger partial charge in [-0.3, -0.25) is 9.69 Å². The van der Waals surface area contributed by atoms with Crippen LogP contribution >= 0.6 is 0 Å². The summed E-state index contributed by atoms with van der Waals surface area (Å²) >= 11 is 0. The van der Waals surface area contributed by atoms with E-state index in [2.05, 4.69) is 0 Å². The number of fused-ring (bicyclic) bond motifs is 1. The molecule has 1 N–H and O–H groups in total. The van der Waals surface area contributed by atoms with Gasteiger partial charge in [-0.1, -0.05) is 32.0 Å². The van der Waals surface area contributed by atoms with Crippen molar-refractivity contribution >= 4 is 16.9 Å². The number of hydrogen-bond acceptors (Lipinski definition) is 3. The van der Waals surface area contributed by atoms with E-state index in [0.717, 1.165) is 36.1 Å². The van der Waals surface area contributed by atoms with E-state index in [9.17, 15) is 9.90 Å². The van der Waals surface area contributed by atoms with Gasteiger partial charge in [0.2, 0.25) is 0 Å². The van der Waals surface area contributed by atoms with Gasteiger partial charge in [0.05, 0.1) is 6.54 Å². The summed E-state index contributed by atoms with van der Waals surface area (Å²) in [6, 6.07) is 9.42. The molecular formula is C17H21NO3. The maximum absolute atomic E-state index is 11.7. The first kappa shape index (κ1) is 14.1. The highest BCUT2D eigenvalue weighted by Crippen LogP contribution is 2.36. The summed E-state index contributed by atoms with van der Waals surface area (Å²) in [7, 11) is 0. The number of benzene rings is 1. The maximum Gasteiger partial charge on any atom is 0.321 e. The third-order valence-electron chi connectivity index (χ3n) is 4.44. The van der Waals surface area contributed by atoms with Gasteiger partial charge in [-0.2, -0.15) is 0 Å². The van der Waals surface area contributed by atoms with E-state index >= 15 is 0 Å². The van der Waals surface area contributed by atoms with Crippen molar-refractivity contribution in [3.8, 4) is 0 Å². The van der Waals surface area contributed by atoms with Crippen LogP contribution in [0, 0.1) is 5.41 Å². The van der Waals surface area contributed by atoms with Crippen molar-refractivity contribution in [1.29, 1.82) is 0 Å². The number of furan rings is 1. The second-order valence-corrected chi connectivity index (χ2v) is 6.55. The molecule has 0 saturated carbocycles. The van der Waals surface area contributed by atoms with Gasteiger partial charge in [0.25, 0.3) is 0 Å². The Hall–Kier alpha value is -1.81. The predicted molar refractivity (Wildman–Crippen MR) is 81.1 cm³/mol. The highest BCUT2D eigenvalue weighted by Gasteiger charge is 2.42. The highest BCUT2D eigenvalue weighted by atomic mass is 16.4. The minimum absolute atomic E-state index is 0.212. The molecule has 1 saturated heterocycles. The SMILES string of the molecule is CC1(C)CCCN(Cc2cc3ccccc3o2)C1C(=O)O. The molecule has 1 unspecified atom stereocenters. The Kier molecular flexibility index (Phi) is 3.49. The van der Waals surface area contributed by atoms with Crippen molar-refractivity contribution < 1.29 is 14.3 Å². The number of para-hydroxylation sites is 1. The highest BCUT2D eigenvalue weighted by molar-refractivity contribution is 5.78. The molecule has 4 heteroatoms. The Morgan fingerprint density at radius 1 is 1.43 bits per heavy atom. The van der Waals surface area contributed by atoms with E-state index in [1.807, 2.05) is 49.1 Å². The average Bonchev–Trinajstić information content (AvgIpc) is 2.79. The molecule has 0 amide bonds. The fourth-order valence-electron chi connectivity index (χ4n) is 3.47. The number of hydrogen-bond donors (Lipinski definition) is 1. The fourth-order valence-corrected chi connectivity index (χ4v) is 3.47. The van der Waals surface area contributed by atoms with Crippen molar-refractivity contribution in [3.05, 3.63) is 36.1 Å². The zero-order chi connectivity index (χ0) is 15.0.